The van der Waals surface area contributed by atoms with E-state index >= 15 is 0 Å². The van der Waals surface area contributed by atoms with Gasteiger partial charge < -0.3 is 14.2 Å². The van der Waals surface area contributed by atoms with Crippen LogP contribution in [0, 0.1) is 0 Å². The van der Waals surface area contributed by atoms with Crippen LogP contribution in [0.15, 0.2) is 57.7 Å². The number of halogens is 1. The Morgan fingerprint density at radius 3 is 2.70 bits per heavy atom. The lowest BCUT2D eigenvalue weighted by molar-refractivity contribution is -0.121. The number of amides is 1. The van der Waals surface area contributed by atoms with Gasteiger partial charge in [-0.15, -0.1) is 0 Å². The zero-order chi connectivity index (χ0) is 19.2. The molecule has 2 aromatic heterocycles. The van der Waals surface area contributed by atoms with Gasteiger partial charge in [-0.3, -0.25) is 9.69 Å². The van der Waals surface area contributed by atoms with Crippen molar-refractivity contribution in [2.24, 2.45) is 0 Å². The van der Waals surface area contributed by atoms with Gasteiger partial charge in [0.25, 0.3) is 0 Å². The first kappa shape index (κ1) is 19.2. The third-order valence-corrected chi connectivity index (χ3v) is 4.49. The average Bonchev–Trinajstić information content (AvgIpc) is 3.33. The van der Waals surface area contributed by atoms with Gasteiger partial charge in [0.15, 0.2) is 11.7 Å². The molecule has 0 bridgehead atoms. The van der Waals surface area contributed by atoms with Gasteiger partial charge in [-0.1, -0.05) is 11.6 Å². The lowest BCUT2D eigenvalue weighted by Gasteiger charge is -2.22. The average molecular weight is 388 g/mol. The summed E-state index contributed by atoms with van der Waals surface area (Å²) >= 11 is 5.89. The maximum Gasteiger partial charge on any atom is 0.220 e. The minimum absolute atomic E-state index is 0.0119. The topological polar surface area (TPSA) is 71.5 Å². The zero-order valence-corrected chi connectivity index (χ0v) is 16.1. The number of carbonyl (C=O) groups excluding carboxylic acids is 1. The van der Waals surface area contributed by atoms with E-state index in [-0.39, 0.29) is 11.9 Å². The van der Waals surface area contributed by atoms with E-state index in [1.165, 1.54) is 0 Å². The maximum atomic E-state index is 12.2. The van der Waals surface area contributed by atoms with Crippen molar-refractivity contribution in [3.63, 3.8) is 0 Å². The van der Waals surface area contributed by atoms with Crippen LogP contribution in [0.1, 0.15) is 24.1 Å². The van der Waals surface area contributed by atoms with E-state index < -0.39 is 0 Å². The van der Waals surface area contributed by atoms with E-state index in [0.29, 0.717) is 36.1 Å². The van der Waals surface area contributed by atoms with E-state index in [4.69, 9.17) is 20.4 Å². The van der Waals surface area contributed by atoms with Crippen LogP contribution >= 0.6 is 11.6 Å². The van der Waals surface area contributed by atoms with Crippen LogP contribution in [0.5, 0.6) is 0 Å². The summed E-state index contributed by atoms with van der Waals surface area (Å²) in [5.74, 6) is 1.96. The molecule has 0 spiro atoms. The fourth-order valence-electron chi connectivity index (χ4n) is 2.71. The quantitative estimate of drug-likeness (QED) is 0.633. The van der Waals surface area contributed by atoms with Crippen LogP contribution in [0.3, 0.4) is 0 Å². The van der Waals surface area contributed by atoms with Gasteiger partial charge in [-0.2, -0.15) is 0 Å². The second kappa shape index (κ2) is 8.88. The molecule has 0 aliphatic carbocycles. The molecule has 2 heterocycles. The summed E-state index contributed by atoms with van der Waals surface area (Å²) in [5.41, 5.74) is 0.898. The molecule has 0 saturated carbocycles. The Morgan fingerprint density at radius 2 is 2.04 bits per heavy atom. The van der Waals surface area contributed by atoms with Crippen LogP contribution in [0.4, 0.5) is 0 Å². The summed E-state index contributed by atoms with van der Waals surface area (Å²) < 4.78 is 11.2. The standard InChI is InChI=1S/C20H22ClN3O3/c1-24(2)16(17-4-3-11-26-17)12-22-19(25)9-10-20-23-13-18(27-20)14-5-7-15(21)8-6-14/h3-8,11,13,16H,9-10,12H2,1-2H3,(H,22,25). The monoisotopic (exact) mass is 387 g/mol. The maximum absolute atomic E-state index is 12.2. The van der Waals surface area contributed by atoms with Crippen molar-refractivity contribution in [1.82, 2.24) is 15.2 Å². The fraction of sp³-hybridized carbons (Fsp3) is 0.300. The predicted molar refractivity (Wildman–Crippen MR) is 103 cm³/mol. The molecular formula is C20H22ClN3O3. The SMILES string of the molecule is CN(C)C(CNC(=O)CCc1ncc(-c2ccc(Cl)cc2)o1)c1ccco1. The van der Waals surface area contributed by atoms with E-state index in [1.54, 1.807) is 24.6 Å². The normalized spacial score (nSPS) is 12.3. The van der Waals surface area contributed by atoms with Gasteiger partial charge in [0, 0.05) is 30.0 Å². The van der Waals surface area contributed by atoms with E-state index in [2.05, 4.69) is 10.3 Å². The van der Waals surface area contributed by atoms with Crippen LogP contribution in [-0.4, -0.2) is 36.4 Å². The first-order valence-electron chi connectivity index (χ1n) is 8.70. The first-order valence-corrected chi connectivity index (χ1v) is 9.08. The van der Waals surface area contributed by atoms with E-state index in [9.17, 15) is 4.79 Å². The Kier molecular flexibility index (Phi) is 6.32. The number of aromatic nitrogens is 1. The minimum atomic E-state index is -0.0559. The number of furan rings is 1. The van der Waals surface area contributed by atoms with Gasteiger partial charge in [-0.25, -0.2) is 4.98 Å². The van der Waals surface area contributed by atoms with E-state index in [1.807, 2.05) is 43.3 Å². The molecule has 142 valence electrons. The molecule has 0 aliphatic rings. The number of hydrogen-bond acceptors (Lipinski definition) is 5. The Bertz CT molecular complexity index is 857. The van der Waals surface area contributed by atoms with Gasteiger partial charge in [0.2, 0.25) is 5.91 Å². The number of likely N-dealkylation sites (N-methyl/N-ethyl adjacent to an activating group) is 1. The number of oxazole rings is 1. The highest BCUT2D eigenvalue weighted by Gasteiger charge is 2.18. The third kappa shape index (κ3) is 5.21. The molecule has 3 aromatic rings. The summed E-state index contributed by atoms with van der Waals surface area (Å²) in [7, 11) is 3.90. The molecule has 0 fully saturated rings. The van der Waals surface area contributed by atoms with Crippen LogP contribution in [0.25, 0.3) is 11.3 Å². The molecule has 1 N–H and O–H groups in total. The molecule has 1 unspecified atom stereocenters. The second-order valence-electron chi connectivity index (χ2n) is 6.42. The lowest BCUT2D eigenvalue weighted by Crippen LogP contribution is -2.34. The molecular weight excluding hydrogens is 366 g/mol. The van der Waals surface area contributed by atoms with E-state index in [0.717, 1.165) is 11.3 Å². The van der Waals surface area contributed by atoms with Crippen molar-refractivity contribution in [3.8, 4) is 11.3 Å². The summed E-state index contributed by atoms with van der Waals surface area (Å²) in [6, 6.07) is 11.1. The summed E-state index contributed by atoms with van der Waals surface area (Å²) in [4.78, 5) is 18.4. The van der Waals surface area contributed by atoms with Gasteiger partial charge in [0.05, 0.1) is 18.5 Å². The Morgan fingerprint density at radius 1 is 1.26 bits per heavy atom. The molecule has 1 amide bonds. The summed E-state index contributed by atoms with van der Waals surface area (Å²) in [6.45, 7) is 0.473. The van der Waals surface area contributed by atoms with Crippen LogP contribution < -0.4 is 5.32 Å². The molecule has 7 heteroatoms. The highest BCUT2D eigenvalue weighted by molar-refractivity contribution is 6.30. The highest BCUT2D eigenvalue weighted by Crippen LogP contribution is 2.23. The molecule has 6 nitrogen and oxygen atoms in total. The van der Waals surface area contributed by atoms with Crippen molar-refractivity contribution in [2.75, 3.05) is 20.6 Å². The lowest BCUT2D eigenvalue weighted by atomic mass is 10.2. The summed E-state index contributed by atoms with van der Waals surface area (Å²) in [6.07, 6.45) is 4.04. The van der Waals surface area contributed by atoms with Crippen molar-refractivity contribution < 1.29 is 13.6 Å². The fourth-order valence-corrected chi connectivity index (χ4v) is 2.84. The molecule has 27 heavy (non-hydrogen) atoms. The molecule has 0 aliphatic heterocycles. The molecule has 1 aromatic carbocycles. The highest BCUT2D eigenvalue weighted by atomic mass is 35.5. The van der Waals surface area contributed by atoms with Gasteiger partial charge in [0.1, 0.15) is 5.76 Å². The Hall–Kier alpha value is -2.57. The number of hydrogen-bond donors (Lipinski definition) is 1. The minimum Gasteiger partial charge on any atom is -0.468 e. The number of nitrogens with one attached hydrogen (secondary N) is 1. The number of nitrogens with zero attached hydrogens (tertiary/aromatic N) is 2. The Balaban J connectivity index is 1.50. The zero-order valence-electron chi connectivity index (χ0n) is 15.3. The predicted octanol–water partition coefficient (Wildman–Crippen LogP) is 3.94. The number of carbonyl (C=O) groups is 1. The largest absolute Gasteiger partial charge is 0.468 e. The van der Waals surface area contributed by atoms with Crippen LogP contribution in [-0.2, 0) is 11.2 Å². The first-order chi connectivity index (χ1) is 13.0. The molecule has 1 atom stereocenters. The third-order valence-electron chi connectivity index (χ3n) is 4.24. The van der Waals surface area contributed by atoms with Gasteiger partial charge in [-0.05, 0) is 50.5 Å². The van der Waals surface area contributed by atoms with Crippen molar-refractivity contribution in [3.05, 3.63) is 65.5 Å². The molecule has 3 rings (SSSR count). The second-order valence-corrected chi connectivity index (χ2v) is 6.86. The molecule has 0 radical (unpaired) electrons. The van der Waals surface area contributed by atoms with Crippen molar-refractivity contribution in [1.29, 1.82) is 0 Å². The number of rotatable bonds is 8. The van der Waals surface area contributed by atoms with Crippen LogP contribution in [0.2, 0.25) is 5.02 Å². The number of aryl methyl sites for hydroxylation is 1. The Labute approximate surface area is 163 Å². The van der Waals surface area contributed by atoms with Crippen molar-refractivity contribution >= 4 is 17.5 Å². The van der Waals surface area contributed by atoms with Gasteiger partial charge >= 0.3 is 0 Å². The number of benzene rings is 1. The smallest absolute Gasteiger partial charge is 0.220 e. The van der Waals surface area contributed by atoms with Crippen molar-refractivity contribution in [2.45, 2.75) is 18.9 Å². The summed E-state index contributed by atoms with van der Waals surface area (Å²) in [5, 5.41) is 3.61. The molecule has 0 saturated heterocycles.